The van der Waals surface area contributed by atoms with Crippen molar-refractivity contribution < 1.29 is 18.7 Å². The van der Waals surface area contributed by atoms with Crippen LogP contribution in [0, 0.1) is 11.6 Å². The molecule has 5 nitrogen and oxygen atoms in total. The molecule has 0 atom stereocenters. The maximum atomic E-state index is 13.8. The topological polar surface area (TPSA) is 68.0 Å². The van der Waals surface area contributed by atoms with Gasteiger partial charge in [0.15, 0.2) is 23.0 Å². The fraction of sp³-hybridized carbons (Fsp3) is 0. The number of benzene rings is 1. The van der Waals surface area contributed by atoms with Crippen LogP contribution in [0.4, 0.5) is 8.78 Å². The summed E-state index contributed by atoms with van der Waals surface area (Å²) < 4.78 is 28.5. The fourth-order valence-electron chi connectivity index (χ4n) is 1.96. The third-order valence-electron chi connectivity index (χ3n) is 2.79. The number of aromatic carboxylic acids is 1. The summed E-state index contributed by atoms with van der Waals surface area (Å²) >= 11 is 0. The zero-order chi connectivity index (χ0) is 14.3. The average molecular weight is 275 g/mol. The molecular weight excluding hydrogens is 268 g/mol. The first-order chi connectivity index (χ1) is 9.59. The molecule has 0 amide bonds. The smallest absolute Gasteiger partial charge is 0.357 e. The van der Waals surface area contributed by atoms with E-state index in [0.29, 0.717) is 0 Å². The average Bonchev–Trinajstić information content (AvgIpc) is 2.79. The van der Waals surface area contributed by atoms with Gasteiger partial charge in [0.2, 0.25) is 0 Å². The first-order valence-corrected chi connectivity index (χ1v) is 5.61. The molecule has 2 heterocycles. The highest BCUT2D eigenvalue weighted by Crippen LogP contribution is 2.23. The van der Waals surface area contributed by atoms with Crippen LogP contribution in [0.15, 0.2) is 36.5 Å². The highest BCUT2D eigenvalue weighted by Gasteiger charge is 2.21. The predicted molar refractivity (Wildman–Crippen MR) is 65.7 cm³/mol. The van der Waals surface area contributed by atoms with E-state index in [0.717, 1.165) is 16.8 Å². The second kappa shape index (κ2) is 4.37. The van der Waals surface area contributed by atoms with Gasteiger partial charge in [-0.3, -0.25) is 0 Å². The molecule has 2 aromatic heterocycles. The van der Waals surface area contributed by atoms with Gasteiger partial charge in [0.25, 0.3) is 0 Å². The molecular formula is C13H7F2N3O2. The third kappa shape index (κ3) is 1.71. The number of para-hydroxylation sites is 1. The van der Waals surface area contributed by atoms with Crippen LogP contribution in [0.1, 0.15) is 10.5 Å². The minimum absolute atomic E-state index is 0.0777. The molecule has 0 fully saturated rings. The SMILES string of the molecule is O=C(O)c1nn(-c2c(F)cccc2F)c2ncccc12. The molecule has 0 saturated heterocycles. The summed E-state index contributed by atoms with van der Waals surface area (Å²) in [6, 6.07) is 6.35. The van der Waals surface area contributed by atoms with Crippen LogP contribution >= 0.6 is 0 Å². The van der Waals surface area contributed by atoms with Crippen molar-refractivity contribution in [2.75, 3.05) is 0 Å². The van der Waals surface area contributed by atoms with E-state index in [1.54, 1.807) is 0 Å². The minimum Gasteiger partial charge on any atom is -0.476 e. The molecule has 7 heteroatoms. The number of hydrogen-bond donors (Lipinski definition) is 1. The largest absolute Gasteiger partial charge is 0.476 e. The number of rotatable bonds is 2. The lowest BCUT2D eigenvalue weighted by Gasteiger charge is -2.05. The van der Waals surface area contributed by atoms with Gasteiger partial charge in [-0.25, -0.2) is 23.2 Å². The Bertz CT molecular complexity index is 809. The van der Waals surface area contributed by atoms with Crippen molar-refractivity contribution >= 4 is 17.0 Å². The number of carboxylic acids is 1. The molecule has 0 unspecified atom stereocenters. The summed E-state index contributed by atoms with van der Waals surface area (Å²) in [4.78, 5) is 15.1. The van der Waals surface area contributed by atoms with Crippen molar-refractivity contribution in [2.24, 2.45) is 0 Å². The zero-order valence-electron chi connectivity index (χ0n) is 9.92. The number of aromatic nitrogens is 3. The summed E-state index contributed by atoms with van der Waals surface area (Å²) in [6.45, 7) is 0. The maximum absolute atomic E-state index is 13.8. The highest BCUT2D eigenvalue weighted by molar-refractivity contribution is 6.00. The first kappa shape index (κ1) is 12.2. The highest BCUT2D eigenvalue weighted by atomic mass is 19.1. The Morgan fingerprint density at radius 3 is 2.50 bits per heavy atom. The Kier molecular flexibility index (Phi) is 2.67. The van der Waals surface area contributed by atoms with Crippen LogP contribution in [0.2, 0.25) is 0 Å². The summed E-state index contributed by atoms with van der Waals surface area (Å²) in [5.41, 5.74) is -0.687. The number of pyridine rings is 1. The number of fused-ring (bicyclic) bond motifs is 1. The van der Waals surface area contributed by atoms with E-state index >= 15 is 0 Å². The van der Waals surface area contributed by atoms with E-state index < -0.39 is 23.3 Å². The van der Waals surface area contributed by atoms with E-state index in [9.17, 15) is 13.6 Å². The number of halogens is 2. The van der Waals surface area contributed by atoms with Gasteiger partial charge in [-0.2, -0.15) is 5.10 Å². The molecule has 0 spiro atoms. The molecule has 0 saturated carbocycles. The van der Waals surface area contributed by atoms with Crippen LogP contribution in [0.3, 0.4) is 0 Å². The van der Waals surface area contributed by atoms with Crippen LogP contribution in [0.5, 0.6) is 0 Å². The first-order valence-electron chi connectivity index (χ1n) is 5.61. The van der Waals surface area contributed by atoms with Crippen LogP contribution in [-0.2, 0) is 0 Å². The van der Waals surface area contributed by atoms with Crippen LogP contribution in [-0.4, -0.2) is 25.8 Å². The van der Waals surface area contributed by atoms with Crippen molar-refractivity contribution in [3.05, 3.63) is 53.9 Å². The molecule has 100 valence electrons. The number of carbonyl (C=O) groups is 1. The lowest BCUT2D eigenvalue weighted by atomic mass is 10.2. The van der Waals surface area contributed by atoms with Crippen LogP contribution < -0.4 is 0 Å². The normalized spacial score (nSPS) is 10.9. The van der Waals surface area contributed by atoms with Crippen molar-refractivity contribution in [1.29, 1.82) is 0 Å². The van der Waals surface area contributed by atoms with Gasteiger partial charge in [-0.1, -0.05) is 6.07 Å². The Morgan fingerprint density at radius 1 is 1.15 bits per heavy atom. The number of hydrogen-bond acceptors (Lipinski definition) is 3. The zero-order valence-corrected chi connectivity index (χ0v) is 9.92. The molecule has 0 aliphatic rings. The molecule has 3 aromatic rings. The maximum Gasteiger partial charge on any atom is 0.357 e. The van der Waals surface area contributed by atoms with Gasteiger partial charge < -0.3 is 5.11 Å². The van der Waals surface area contributed by atoms with E-state index in [-0.39, 0.29) is 16.7 Å². The van der Waals surface area contributed by atoms with Crippen molar-refractivity contribution in [3.8, 4) is 5.69 Å². The Hall–Kier alpha value is -2.83. The molecule has 0 radical (unpaired) electrons. The lowest BCUT2D eigenvalue weighted by molar-refractivity contribution is 0.0692. The predicted octanol–water partition coefficient (Wildman–Crippen LogP) is 2.40. The molecule has 0 bridgehead atoms. The number of carboxylic acid groups (broad SMARTS) is 1. The lowest BCUT2D eigenvalue weighted by Crippen LogP contribution is -2.05. The summed E-state index contributed by atoms with van der Waals surface area (Å²) in [7, 11) is 0. The van der Waals surface area contributed by atoms with Gasteiger partial charge in [-0.15, -0.1) is 0 Å². The second-order valence-electron chi connectivity index (χ2n) is 4.01. The van der Waals surface area contributed by atoms with E-state index in [1.807, 2.05) is 0 Å². The summed E-state index contributed by atoms with van der Waals surface area (Å²) in [6.07, 6.45) is 1.39. The standard InChI is InChI=1S/C13H7F2N3O2/c14-8-4-1-5-9(15)11(8)18-12-7(3-2-6-16-12)10(17-18)13(19)20/h1-6H,(H,19,20). The minimum atomic E-state index is -1.29. The van der Waals surface area contributed by atoms with Gasteiger partial charge in [0.05, 0.1) is 5.39 Å². The fourth-order valence-corrected chi connectivity index (χ4v) is 1.96. The van der Waals surface area contributed by atoms with Crippen molar-refractivity contribution in [1.82, 2.24) is 14.8 Å². The van der Waals surface area contributed by atoms with Gasteiger partial charge in [0, 0.05) is 6.20 Å². The Balaban J connectivity index is 2.41. The van der Waals surface area contributed by atoms with Crippen LogP contribution in [0.25, 0.3) is 16.7 Å². The van der Waals surface area contributed by atoms with Gasteiger partial charge in [-0.05, 0) is 24.3 Å². The molecule has 1 aromatic carbocycles. The third-order valence-corrected chi connectivity index (χ3v) is 2.79. The van der Waals surface area contributed by atoms with Crippen molar-refractivity contribution in [3.63, 3.8) is 0 Å². The molecule has 3 rings (SSSR count). The van der Waals surface area contributed by atoms with Gasteiger partial charge >= 0.3 is 5.97 Å². The quantitative estimate of drug-likeness (QED) is 0.779. The van der Waals surface area contributed by atoms with E-state index in [2.05, 4.69) is 10.1 Å². The Labute approximate surface area is 111 Å². The van der Waals surface area contributed by atoms with Crippen molar-refractivity contribution in [2.45, 2.75) is 0 Å². The summed E-state index contributed by atoms with van der Waals surface area (Å²) in [5.74, 6) is -2.99. The summed E-state index contributed by atoms with van der Waals surface area (Å²) in [5, 5.41) is 13.1. The Morgan fingerprint density at radius 2 is 1.85 bits per heavy atom. The molecule has 1 N–H and O–H groups in total. The van der Waals surface area contributed by atoms with E-state index in [4.69, 9.17) is 5.11 Å². The molecule has 0 aliphatic carbocycles. The monoisotopic (exact) mass is 275 g/mol. The van der Waals surface area contributed by atoms with E-state index in [1.165, 1.54) is 24.4 Å². The second-order valence-corrected chi connectivity index (χ2v) is 4.01. The molecule has 20 heavy (non-hydrogen) atoms. The van der Waals surface area contributed by atoms with Gasteiger partial charge in [0.1, 0.15) is 5.69 Å². The molecule has 0 aliphatic heterocycles. The number of nitrogens with zero attached hydrogens (tertiary/aromatic N) is 3.